The van der Waals surface area contributed by atoms with Gasteiger partial charge in [-0.1, -0.05) is 39.1 Å². The minimum absolute atomic E-state index is 0.0123. The molecule has 0 aromatic heterocycles. The molecule has 30 heavy (non-hydrogen) atoms. The van der Waals surface area contributed by atoms with Gasteiger partial charge in [0.2, 0.25) is 0 Å². The van der Waals surface area contributed by atoms with Gasteiger partial charge in [0.05, 0.1) is 19.3 Å². The fraction of sp³-hybridized carbons (Fsp3) is 0.650. The summed E-state index contributed by atoms with van der Waals surface area (Å²) in [7, 11) is 0. The highest BCUT2D eigenvalue weighted by Crippen LogP contribution is 2.18. The third-order valence-corrected chi connectivity index (χ3v) is 4.08. The van der Waals surface area contributed by atoms with E-state index in [0.29, 0.717) is 0 Å². The van der Waals surface area contributed by atoms with Crippen LogP contribution in [0.15, 0.2) is 12.7 Å². The van der Waals surface area contributed by atoms with E-state index in [1.807, 2.05) is 20.8 Å². The summed E-state index contributed by atoms with van der Waals surface area (Å²) in [5.74, 6) is -1.84. The van der Waals surface area contributed by atoms with Gasteiger partial charge in [-0.3, -0.25) is 19.2 Å². The highest BCUT2D eigenvalue weighted by atomic mass is 32.2. The maximum absolute atomic E-state index is 11.7. The van der Waals surface area contributed by atoms with Gasteiger partial charge < -0.3 is 18.9 Å². The van der Waals surface area contributed by atoms with Crippen LogP contribution in [-0.4, -0.2) is 61.2 Å². The second kappa shape index (κ2) is 15.5. The van der Waals surface area contributed by atoms with Crippen LogP contribution in [0, 0.1) is 5.41 Å². The molecule has 9 nitrogen and oxygen atoms in total. The zero-order chi connectivity index (χ0) is 23.0. The van der Waals surface area contributed by atoms with Gasteiger partial charge in [0.1, 0.15) is 26.4 Å². The van der Waals surface area contributed by atoms with Crippen LogP contribution < -0.4 is 0 Å². The molecule has 0 atom stereocenters. The monoisotopic (exact) mass is 446 g/mol. The SMILES string of the molecule is C=CC(=O)OCCOC(=O)CCC(=O)SCCC(=O)OCCOC(=O)CC(C)(C)C. The van der Waals surface area contributed by atoms with Gasteiger partial charge in [0.15, 0.2) is 5.12 Å². The van der Waals surface area contributed by atoms with Crippen LogP contribution in [0.1, 0.15) is 46.5 Å². The van der Waals surface area contributed by atoms with Crippen molar-refractivity contribution in [1.29, 1.82) is 0 Å². The lowest BCUT2D eigenvalue weighted by Gasteiger charge is -2.16. The highest BCUT2D eigenvalue weighted by molar-refractivity contribution is 8.13. The van der Waals surface area contributed by atoms with Gasteiger partial charge in [-0.25, -0.2) is 4.79 Å². The molecule has 0 aromatic carbocycles. The van der Waals surface area contributed by atoms with Crippen molar-refractivity contribution < 1.29 is 42.9 Å². The number of carbonyl (C=O) groups excluding carboxylic acids is 5. The van der Waals surface area contributed by atoms with Crippen LogP contribution >= 0.6 is 11.8 Å². The number of esters is 4. The second-order valence-corrected chi connectivity index (χ2v) is 8.39. The fourth-order valence-corrected chi connectivity index (χ4v) is 2.56. The molecule has 0 aliphatic heterocycles. The molecular formula is C20H30O9S. The maximum atomic E-state index is 11.7. The van der Waals surface area contributed by atoms with Gasteiger partial charge in [-0.05, 0) is 5.41 Å². The lowest BCUT2D eigenvalue weighted by atomic mass is 9.93. The Hall–Kier alpha value is -2.36. The number of ether oxygens (including phenoxy) is 4. The first kappa shape index (κ1) is 27.6. The van der Waals surface area contributed by atoms with E-state index < -0.39 is 17.9 Å². The normalized spacial score (nSPS) is 10.6. The zero-order valence-corrected chi connectivity index (χ0v) is 18.5. The predicted molar refractivity (Wildman–Crippen MR) is 109 cm³/mol. The summed E-state index contributed by atoms with van der Waals surface area (Å²) >= 11 is 0.919. The van der Waals surface area contributed by atoms with Gasteiger partial charge in [-0.2, -0.15) is 0 Å². The molecule has 0 bridgehead atoms. The molecule has 0 aliphatic rings. The third kappa shape index (κ3) is 17.7. The minimum atomic E-state index is -0.613. The first-order valence-corrected chi connectivity index (χ1v) is 10.4. The molecule has 0 unspecified atom stereocenters. The van der Waals surface area contributed by atoms with Crippen molar-refractivity contribution in [2.75, 3.05) is 32.2 Å². The summed E-state index contributed by atoms with van der Waals surface area (Å²) in [4.78, 5) is 57.0. The Morgan fingerprint density at radius 1 is 0.767 bits per heavy atom. The summed E-state index contributed by atoms with van der Waals surface area (Å²) in [6, 6.07) is 0. The Morgan fingerprint density at radius 3 is 1.80 bits per heavy atom. The summed E-state index contributed by atoms with van der Waals surface area (Å²) in [6.07, 6.45) is 1.15. The molecule has 0 heterocycles. The highest BCUT2D eigenvalue weighted by Gasteiger charge is 2.17. The van der Waals surface area contributed by atoms with Gasteiger partial charge in [-0.15, -0.1) is 0 Å². The van der Waals surface area contributed by atoms with E-state index in [9.17, 15) is 24.0 Å². The average molecular weight is 447 g/mol. The quantitative estimate of drug-likeness (QED) is 0.170. The van der Waals surface area contributed by atoms with E-state index >= 15 is 0 Å². The molecule has 0 saturated heterocycles. The first-order valence-electron chi connectivity index (χ1n) is 9.45. The summed E-state index contributed by atoms with van der Waals surface area (Å²) in [5.41, 5.74) is -0.172. The number of hydrogen-bond acceptors (Lipinski definition) is 10. The molecule has 0 N–H and O–H groups in total. The molecule has 0 amide bonds. The van der Waals surface area contributed by atoms with Crippen molar-refractivity contribution in [3.05, 3.63) is 12.7 Å². The van der Waals surface area contributed by atoms with Crippen LogP contribution in [-0.2, 0) is 42.9 Å². The van der Waals surface area contributed by atoms with Crippen LogP contribution in [0.5, 0.6) is 0 Å². The van der Waals surface area contributed by atoms with Crippen LogP contribution in [0.2, 0.25) is 0 Å². The molecule has 0 aromatic rings. The lowest BCUT2D eigenvalue weighted by molar-refractivity contribution is -0.153. The third-order valence-electron chi connectivity index (χ3n) is 3.14. The lowest BCUT2D eigenvalue weighted by Crippen LogP contribution is -2.18. The van der Waals surface area contributed by atoms with Crippen molar-refractivity contribution >= 4 is 40.8 Å². The van der Waals surface area contributed by atoms with Crippen molar-refractivity contribution in [3.8, 4) is 0 Å². The van der Waals surface area contributed by atoms with E-state index in [1.54, 1.807) is 0 Å². The standard InChI is InChI=1S/C20H30O9S/c1-5-15(21)26-9-10-27-16(22)6-7-19(25)30-13-8-17(23)28-11-12-29-18(24)14-20(2,3)4/h5H,1,6-14H2,2-4H3. The molecule has 0 saturated carbocycles. The number of thioether (sulfide) groups is 1. The van der Waals surface area contributed by atoms with Gasteiger partial charge >= 0.3 is 23.9 Å². The van der Waals surface area contributed by atoms with E-state index in [1.165, 1.54) is 0 Å². The number of rotatable bonds is 14. The Bertz CT molecular complexity index is 608. The molecule has 0 spiro atoms. The van der Waals surface area contributed by atoms with E-state index in [2.05, 4.69) is 11.3 Å². The Balaban J connectivity index is 3.70. The topological polar surface area (TPSA) is 122 Å². The maximum Gasteiger partial charge on any atom is 0.330 e. The largest absolute Gasteiger partial charge is 0.462 e. The van der Waals surface area contributed by atoms with Crippen molar-refractivity contribution in [1.82, 2.24) is 0 Å². The fourth-order valence-electron chi connectivity index (χ4n) is 1.82. The Labute approximate surface area is 180 Å². The first-order chi connectivity index (χ1) is 14.0. The minimum Gasteiger partial charge on any atom is -0.462 e. The molecule has 0 aliphatic carbocycles. The molecule has 10 heteroatoms. The van der Waals surface area contributed by atoms with Crippen LogP contribution in [0.4, 0.5) is 0 Å². The van der Waals surface area contributed by atoms with Crippen molar-refractivity contribution in [3.63, 3.8) is 0 Å². The average Bonchev–Trinajstić information content (AvgIpc) is 2.65. The molecule has 170 valence electrons. The zero-order valence-electron chi connectivity index (χ0n) is 17.7. The van der Waals surface area contributed by atoms with Crippen LogP contribution in [0.3, 0.4) is 0 Å². The number of carbonyl (C=O) groups is 5. The van der Waals surface area contributed by atoms with Gasteiger partial charge in [0.25, 0.3) is 0 Å². The Morgan fingerprint density at radius 2 is 1.27 bits per heavy atom. The molecule has 0 rings (SSSR count). The van der Waals surface area contributed by atoms with E-state index in [4.69, 9.17) is 14.2 Å². The summed E-state index contributed by atoms with van der Waals surface area (Å²) in [5, 5.41) is -0.256. The van der Waals surface area contributed by atoms with Crippen molar-refractivity contribution in [2.24, 2.45) is 5.41 Å². The van der Waals surface area contributed by atoms with Crippen molar-refractivity contribution in [2.45, 2.75) is 46.5 Å². The molecule has 0 radical (unpaired) electrons. The predicted octanol–water partition coefficient (Wildman–Crippen LogP) is 2.21. The molecule has 0 fully saturated rings. The van der Waals surface area contributed by atoms with E-state index in [0.717, 1.165) is 17.8 Å². The summed E-state index contributed by atoms with van der Waals surface area (Å²) in [6.45, 7) is 8.74. The van der Waals surface area contributed by atoms with Gasteiger partial charge in [0, 0.05) is 18.2 Å². The Kier molecular flexibility index (Phi) is 14.3. The smallest absolute Gasteiger partial charge is 0.330 e. The van der Waals surface area contributed by atoms with Crippen LogP contribution in [0.25, 0.3) is 0 Å². The summed E-state index contributed by atoms with van der Waals surface area (Å²) < 4.78 is 19.3. The van der Waals surface area contributed by atoms with E-state index in [-0.39, 0.29) is 74.4 Å². The second-order valence-electron chi connectivity index (χ2n) is 7.24. The molecular weight excluding hydrogens is 416 g/mol. The number of hydrogen-bond donors (Lipinski definition) is 0.